The van der Waals surface area contributed by atoms with Gasteiger partial charge in [-0.05, 0) is 30.0 Å². The summed E-state index contributed by atoms with van der Waals surface area (Å²) in [5.41, 5.74) is 3.22. The largest absolute Gasteiger partial charge is 0.269 e. The van der Waals surface area contributed by atoms with Crippen LogP contribution in [0.4, 0.5) is 5.69 Å². The first-order chi connectivity index (χ1) is 8.15. The van der Waals surface area contributed by atoms with Gasteiger partial charge in [-0.3, -0.25) is 10.1 Å². The Balaban J connectivity index is 2.30. The topological polar surface area (TPSA) is 43.1 Å². The summed E-state index contributed by atoms with van der Waals surface area (Å²) in [6.45, 7) is 1.88. The molecule has 0 saturated heterocycles. The van der Waals surface area contributed by atoms with E-state index in [1.54, 1.807) is 12.1 Å². The molecular weight excluding hydrogens is 214 g/mol. The van der Waals surface area contributed by atoms with Crippen LogP contribution in [0, 0.1) is 17.0 Å². The van der Waals surface area contributed by atoms with Crippen molar-refractivity contribution in [3.05, 3.63) is 75.3 Å². The zero-order chi connectivity index (χ0) is 12.3. The standard InChI is InChI=1S/C14H13NO2/c1-11-7-13(10-14(8-11)15(16)17)9-12-5-3-2-4-6-12/h2-8,10H,9H2,1H3. The Morgan fingerprint density at radius 2 is 1.76 bits per heavy atom. The van der Waals surface area contributed by atoms with Crippen LogP contribution < -0.4 is 0 Å². The number of nitro groups is 1. The Hall–Kier alpha value is -2.16. The third kappa shape index (κ3) is 2.91. The summed E-state index contributed by atoms with van der Waals surface area (Å²) in [5, 5.41) is 10.8. The second kappa shape index (κ2) is 4.78. The van der Waals surface area contributed by atoms with E-state index in [9.17, 15) is 10.1 Å². The van der Waals surface area contributed by atoms with Gasteiger partial charge in [0.2, 0.25) is 0 Å². The Morgan fingerprint density at radius 3 is 2.41 bits per heavy atom. The number of hydrogen-bond donors (Lipinski definition) is 0. The highest BCUT2D eigenvalue weighted by atomic mass is 16.6. The Bertz CT molecular complexity index is 535. The lowest BCUT2D eigenvalue weighted by molar-refractivity contribution is -0.385. The molecule has 0 aliphatic carbocycles. The molecule has 0 radical (unpaired) electrons. The van der Waals surface area contributed by atoms with E-state index in [-0.39, 0.29) is 10.6 Å². The van der Waals surface area contributed by atoms with Gasteiger partial charge in [-0.2, -0.15) is 0 Å². The number of nitrogens with zero attached hydrogens (tertiary/aromatic N) is 1. The number of hydrogen-bond acceptors (Lipinski definition) is 2. The summed E-state index contributed by atoms with van der Waals surface area (Å²) >= 11 is 0. The molecule has 0 unspecified atom stereocenters. The van der Waals surface area contributed by atoms with E-state index in [2.05, 4.69) is 0 Å². The first-order valence-corrected chi connectivity index (χ1v) is 5.44. The van der Waals surface area contributed by atoms with Crippen LogP contribution >= 0.6 is 0 Å². The number of benzene rings is 2. The molecule has 0 saturated carbocycles. The molecule has 2 aromatic rings. The lowest BCUT2D eigenvalue weighted by Gasteiger charge is -2.03. The van der Waals surface area contributed by atoms with Crippen molar-refractivity contribution in [1.82, 2.24) is 0 Å². The van der Waals surface area contributed by atoms with Gasteiger partial charge in [-0.1, -0.05) is 36.4 Å². The fourth-order valence-corrected chi connectivity index (χ4v) is 1.88. The molecule has 0 heterocycles. The van der Waals surface area contributed by atoms with Gasteiger partial charge in [-0.15, -0.1) is 0 Å². The molecule has 3 nitrogen and oxygen atoms in total. The van der Waals surface area contributed by atoms with E-state index in [1.165, 1.54) is 0 Å². The first kappa shape index (κ1) is 11.3. The van der Waals surface area contributed by atoms with Gasteiger partial charge in [0.25, 0.3) is 5.69 Å². The Labute approximate surface area is 99.9 Å². The quantitative estimate of drug-likeness (QED) is 0.595. The monoisotopic (exact) mass is 227 g/mol. The number of rotatable bonds is 3. The second-order valence-corrected chi connectivity index (χ2v) is 4.10. The van der Waals surface area contributed by atoms with Gasteiger partial charge < -0.3 is 0 Å². The van der Waals surface area contributed by atoms with Crippen molar-refractivity contribution in [3.63, 3.8) is 0 Å². The molecular formula is C14H13NO2. The van der Waals surface area contributed by atoms with E-state index in [1.807, 2.05) is 43.3 Å². The Morgan fingerprint density at radius 1 is 1.06 bits per heavy atom. The molecule has 0 amide bonds. The molecule has 3 heteroatoms. The lowest BCUT2D eigenvalue weighted by atomic mass is 10.0. The minimum atomic E-state index is -0.346. The van der Waals surface area contributed by atoms with Crippen LogP contribution in [0.5, 0.6) is 0 Å². The van der Waals surface area contributed by atoms with Crippen molar-refractivity contribution in [1.29, 1.82) is 0 Å². The normalized spacial score (nSPS) is 10.2. The maximum atomic E-state index is 10.8. The molecule has 86 valence electrons. The highest BCUT2D eigenvalue weighted by molar-refractivity contribution is 5.40. The lowest BCUT2D eigenvalue weighted by Crippen LogP contribution is -1.93. The third-order valence-electron chi connectivity index (χ3n) is 2.58. The maximum Gasteiger partial charge on any atom is 0.269 e. The zero-order valence-electron chi connectivity index (χ0n) is 9.59. The van der Waals surface area contributed by atoms with Gasteiger partial charge in [0.05, 0.1) is 4.92 Å². The zero-order valence-corrected chi connectivity index (χ0v) is 9.59. The van der Waals surface area contributed by atoms with Gasteiger partial charge in [0.15, 0.2) is 0 Å². The highest BCUT2D eigenvalue weighted by Gasteiger charge is 2.08. The van der Waals surface area contributed by atoms with Crippen LogP contribution in [0.25, 0.3) is 0 Å². The van der Waals surface area contributed by atoms with Crippen molar-refractivity contribution in [2.45, 2.75) is 13.3 Å². The van der Waals surface area contributed by atoms with Crippen molar-refractivity contribution in [2.24, 2.45) is 0 Å². The predicted octanol–water partition coefficient (Wildman–Crippen LogP) is 3.49. The summed E-state index contributed by atoms with van der Waals surface area (Å²) in [6.07, 6.45) is 0.726. The summed E-state index contributed by atoms with van der Waals surface area (Å²) in [7, 11) is 0. The molecule has 0 fully saturated rings. The molecule has 0 spiro atoms. The van der Waals surface area contributed by atoms with Crippen molar-refractivity contribution in [2.75, 3.05) is 0 Å². The van der Waals surface area contributed by atoms with Crippen LogP contribution in [0.1, 0.15) is 16.7 Å². The second-order valence-electron chi connectivity index (χ2n) is 4.10. The van der Waals surface area contributed by atoms with Gasteiger partial charge >= 0.3 is 0 Å². The van der Waals surface area contributed by atoms with Crippen LogP contribution in [-0.2, 0) is 6.42 Å². The summed E-state index contributed by atoms with van der Waals surface area (Å²) in [6, 6.07) is 15.2. The highest BCUT2D eigenvalue weighted by Crippen LogP contribution is 2.19. The Kier molecular flexibility index (Phi) is 3.19. The number of nitro benzene ring substituents is 1. The molecule has 2 rings (SSSR count). The minimum Gasteiger partial charge on any atom is -0.258 e. The van der Waals surface area contributed by atoms with Crippen molar-refractivity contribution in [3.8, 4) is 0 Å². The average molecular weight is 227 g/mol. The van der Waals surface area contributed by atoms with Crippen LogP contribution in [0.2, 0.25) is 0 Å². The van der Waals surface area contributed by atoms with Gasteiger partial charge in [0.1, 0.15) is 0 Å². The molecule has 0 N–H and O–H groups in total. The minimum absolute atomic E-state index is 0.163. The fraction of sp³-hybridized carbons (Fsp3) is 0.143. The molecule has 2 aromatic carbocycles. The van der Waals surface area contributed by atoms with E-state index in [0.717, 1.165) is 23.1 Å². The molecule has 0 aliphatic heterocycles. The van der Waals surface area contributed by atoms with E-state index >= 15 is 0 Å². The summed E-state index contributed by atoms with van der Waals surface area (Å²) in [4.78, 5) is 10.4. The average Bonchev–Trinajstić information content (AvgIpc) is 2.29. The predicted molar refractivity (Wildman–Crippen MR) is 67.1 cm³/mol. The fourth-order valence-electron chi connectivity index (χ4n) is 1.88. The summed E-state index contributed by atoms with van der Waals surface area (Å²) < 4.78 is 0. The van der Waals surface area contributed by atoms with Crippen LogP contribution in [0.3, 0.4) is 0 Å². The van der Waals surface area contributed by atoms with E-state index < -0.39 is 0 Å². The SMILES string of the molecule is Cc1cc(Cc2ccccc2)cc([N+](=O)[O-])c1. The number of aryl methyl sites for hydroxylation is 1. The van der Waals surface area contributed by atoms with Crippen molar-refractivity contribution < 1.29 is 4.92 Å². The smallest absolute Gasteiger partial charge is 0.258 e. The first-order valence-electron chi connectivity index (χ1n) is 5.44. The molecule has 0 bridgehead atoms. The van der Waals surface area contributed by atoms with E-state index in [0.29, 0.717) is 0 Å². The van der Waals surface area contributed by atoms with E-state index in [4.69, 9.17) is 0 Å². The maximum absolute atomic E-state index is 10.8. The number of non-ortho nitro benzene ring substituents is 1. The summed E-state index contributed by atoms with van der Waals surface area (Å²) in [5.74, 6) is 0. The molecule has 0 aliphatic rings. The third-order valence-corrected chi connectivity index (χ3v) is 2.58. The van der Waals surface area contributed by atoms with Crippen LogP contribution in [0.15, 0.2) is 48.5 Å². The van der Waals surface area contributed by atoms with Crippen molar-refractivity contribution >= 4 is 5.69 Å². The van der Waals surface area contributed by atoms with Gasteiger partial charge in [0, 0.05) is 12.1 Å². The van der Waals surface area contributed by atoms with Crippen LogP contribution in [-0.4, -0.2) is 4.92 Å². The van der Waals surface area contributed by atoms with Gasteiger partial charge in [-0.25, -0.2) is 0 Å². The molecule has 0 atom stereocenters. The molecule has 0 aromatic heterocycles. The molecule has 17 heavy (non-hydrogen) atoms.